The molecular formula is C11H25NO2S. The summed E-state index contributed by atoms with van der Waals surface area (Å²) in [7, 11) is -2.88. The van der Waals surface area contributed by atoms with Crippen molar-refractivity contribution < 1.29 is 8.42 Å². The molecule has 15 heavy (non-hydrogen) atoms. The average Bonchev–Trinajstić information content (AvgIpc) is 2.00. The fraction of sp³-hybridized carbons (Fsp3) is 1.00. The van der Waals surface area contributed by atoms with Gasteiger partial charge in [0.2, 0.25) is 0 Å². The summed E-state index contributed by atoms with van der Waals surface area (Å²) in [5.41, 5.74) is 0.309. The molecule has 0 aromatic heterocycles. The molecule has 4 heteroatoms. The zero-order valence-corrected chi connectivity index (χ0v) is 11.4. The summed E-state index contributed by atoms with van der Waals surface area (Å²) in [5, 5.41) is 2.91. The van der Waals surface area contributed by atoms with E-state index in [1.54, 1.807) is 13.8 Å². The highest BCUT2D eigenvalue weighted by Gasteiger charge is 2.15. The monoisotopic (exact) mass is 235 g/mol. The molecule has 1 N–H and O–H groups in total. The van der Waals surface area contributed by atoms with E-state index in [0.29, 0.717) is 12.0 Å². The van der Waals surface area contributed by atoms with Crippen molar-refractivity contribution in [2.75, 3.05) is 18.8 Å². The van der Waals surface area contributed by atoms with Crippen LogP contribution in [0.1, 0.15) is 41.0 Å². The second-order valence-electron chi connectivity index (χ2n) is 5.48. The third kappa shape index (κ3) is 7.79. The van der Waals surface area contributed by atoms with Gasteiger partial charge in [0.1, 0.15) is 0 Å². The Bertz CT molecular complexity index is 263. The van der Waals surface area contributed by atoms with Crippen LogP contribution in [0.4, 0.5) is 0 Å². The SMILES string of the molecule is CC(C)S(=O)(=O)CCNCCC(C)(C)C. The third-order valence-electron chi connectivity index (χ3n) is 2.33. The molecule has 0 aliphatic rings. The Labute approximate surface area is 94.6 Å². The molecule has 0 rings (SSSR count). The van der Waals surface area contributed by atoms with Gasteiger partial charge < -0.3 is 5.32 Å². The van der Waals surface area contributed by atoms with E-state index in [1.165, 1.54) is 0 Å². The van der Waals surface area contributed by atoms with Gasteiger partial charge in [0.15, 0.2) is 9.84 Å². The summed E-state index contributed by atoms with van der Waals surface area (Å²) >= 11 is 0. The lowest BCUT2D eigenvalue weighted by Crippen LogP contribution is -2.29. The smallest absolute Gasteiger partial charge is 0.153 e. The lowest BCUT2D eigenvalue weighted by molar-refractivity contribution is 0.369. The van der Waals surface area contributed by atoms with Crippen molar-refractivity contribution in [1.29, 1.82) is 0 Å². The Morgan fingerprint density at radius 2 is 1.67 bits per heavy atom. The fourth-order valence-corrected chi connectivity index (χ4v) is 1.94. The summed E-state index contributed by atoms with van der Waals surface area (Å²) < 4.78 is 22.9. The van der Waals surface area contributed by atoms with E-state index in [1.807, 2.05) is 0 Å². The van der Waals surface area contributed by atoms with Gasteiger partial charge >= 0.3 is 0 Å². The zero-order valence-electron chi connectivity index (χ0n) is 10.6. The van der Waals surface area contributed by atoms with Crippen molar-refractivity contribution in [3.8, 4) is 0 Å². The zero-order chi connectivity index (χ0) is 12.1. The summed E-state index contributed by atoms with van der Waals surface area (Å²) in [6.45, 7) is 11.4. The summed E-state index contributed by atoms with van der Waals surface area (Å²) in [6.07, 6.45) is 1.06. The van der Waals surface area contributed by atoms with Gasteiger partial charge in [-0.1, -0.05) is 20.8 Å². The molecule has 0 heterocycles. The predicted octanol–water partition coefficient (Wildman–Crippen LogP) is 1.84. The van der Waals surface area contributed by atoms with Crippen molar-refractivity contribution in [2.45, 2.75) is 46.3 Å². The first-order valence-electron chi connectivity index (χ1n) is 5.57. The van der Waals surface area contributed by atoms with Gasteiger partial charge in [-0.15, -0.1) is 0 Å². The van der Waals surface area contributed by atoms with Crippen LogP contribution < -0.4 is 5.32 Å². The first-order chi connectivity index (χ1) is 6.65. The maximum Gasteiger partial charge on any atom is 0.153 e. The van der Waals surface area contributed by atoms with Crippen LogP contribution in [0, 0.1) is 5.41 Å². The van der Waals surface area contributed by atoms with Gasteiger partial charge in [0.05, 0.1) is 11.0 Å². The lowest BCUT2D eigenvalue weighted by Gasteiger charge is -2.18. The van der Waals surface area contributed by atoms with Crippen molar-refractivity contribution in [2.24, 2.45) is 5.41 Å². The number of hydrogen-bond acceptors (Lipinski definition) is 3. The minimum absolute atomic E-state index is 0.245. The Morgan fingerprint density at radius 1 is 1.13 bits per heavy atom. The number of hydrogen-bond donors (Lipinski definition) is 1. The molecule has 0 aromatic rings. The van der Waals surface area contributed by atoms with Crippen LogP contribution in [0.15, 0.2) is 0 Å². The summed E-state index contributed by atoms with van der Waals surface area (Å²) in [6, 6.07) is 0. The average molecular weight is 235 g/mol. The maximum atomic E-state index is 11.5. The minimum atomic E-state index is -2.88. The first-order valence-corrected chi connectivity index (χ1v) is 7.29. The Hall–Kier alpha value is -0.0900. The van der Waals surface area contributed by atoms with E-state index >= 15 is 0 Å². The molecular weight excluding hydrogens is 210 g/mol. The quantitative estimate of drug-likeness (QED) is 0.715. The maximum absolute atomic E-state index is 11.5. The van der Waals surface area contributed by atoms with E-state index in [2.05, 4.69) is 26.1 Å². The Kier molecular flexibility index (Phi) is 5.81. The van der Waals surface area contributed by atoms with E-state index in [-0.39, 0.29) is 11.0 Å². The molecule has 0 radical (unpaired) electrons. The van der Waals surface area contributed by atoms with Crippen LogP contribution in [0.25, 0.3) is 0 Å². The van der Waals surface area contributed by atoms with E-state index < -0.39 is 9.84 Å². The molecule has 0 bridgehead atoms. The van der Waals surface area contributed by atoms with Crippen molar-refractivity contribution >= 4 is 9.84 Å². The molecule has 92 valence electrons. The first kappa shape index (κ1) is 14.9. The summed E-state index contributed by atoms with van der Waals surface area (Å²) in [4.78, 5) is 0. The van der Waals surface area contributed by atoms with Gasteiger partial charge in [-0.2, -0.15) is 0 Å². The lowest BCUT2D eigenvalue weighted by atomic mass is 9.92. The van der Waals surface area contributed by atoms with Gasteiger partial charge in [0, 0.05) is 6.54 Å². The normalized spacial score (nSPS) is 13.5. The molecule has 3 nitrogen and oxygen atoms in total. The van der Waals surface area contributed by atoms with Gasteiger partial charge in [-0.3, -0.25) is 0 Å². The van der Waals surface area contributed by atoms with Crippen LogP contribution in [-0.2, 0) is 9.84 Å². The molecule has 0 aliphatic carbocycles. The standard InChI is InChI=1S/C11H25NO2S/c1-10(2)15(13,14)9-8-12-7-6-11(3,4)5/h10,12H,6-9H2,1-5H3. The molecule has 0 aliphatic heterocycles. The number of nitrogens with one attached hydrogen (secondary N) is 1. The van der Waals surface area contributed by atoms with E-state index in [4.69, 9.17) is 0 Å². The fourth-order valence-electron chi connectivity index (χ4n) is 1.04. The largest absolute Gasteiger partial charge is 0.316 e. The molecule has 0 saturated heterocycles. The van der Waals surface area contributed by atoms with Crippen molar-refractivity contribution in [3.63, 3.8) is 0 Å². The second-order valence-corrected chi connectivity index (χ2v) is 8.15. The van der Waals surface area contributed by atoms with E-state index in [0.717, 1.165) is 13.0 Å². The molecule has 0 amide bonds. The second kappa shape index (κ2) is 5.85. The molecule has 0 aromatic carbocycles. The van der Waals surface area contributed by atoms with Crippen LogP contribution in [0.2, 0.25) is 0 Å². The van der Waals surface area contributed by atoms with Gasteiger partial charge in [0.25, 0.3) is 0 Å². The molecule has 0 unspecified atom stereocenters. The Balaban J connectivity index is 3.65. The van der Waals surface area contributed by atoms with Crippen LogP contribution in [0.3, 0.4) is 0 Å². The molecule has 0 saturated carbocycles. The van der Waals surface area contributed by atoms with Gasteiger partial charge in [-0.05, 0) is 32.2 Å². The molecule has 0 fully saturated rings. The molecule has 0 spiro atoms. The van der Waals surface area contributed by atoms with Crippen LogP contribution >= 0.6 is 0 Å². The minimum Gasteiger partial charge on any atom is -0.316 e. The Morgan fingerprint density at radius 3 is 2.07 bits per heavy atom. The number of sulfone groups is 1. The topological polar surface area (TPSA) is 46.2 Å². The van der Waals surface area contributed by atoms with Crippen LogP contribution in [0.5, 0.6) is 0 Å². The highest BCUT2D eigenvalue weighted by Crippen LogP contribution is 2.16. The predicted molar refractivity (Wildman–Crippen MR) is 65.9 cm³/mol. The number of rotatable bonds is 6. The van der Waals surface area contributed by atoms with Crippen molar-refractivity contribution in [3.05, 3.63) is 0 Å². The van der Waals surface area contributed by atoms with E-state index in [9.17, 15) is 8.42 Å². The van der Waals surface area contributed by atoms with Crippen molar-refractivity contribution in [1.82, 2.24) is 5.32 Å². The highest BCUT2D eigenvalue weighted by molar-refractivity contribution is 7.92. The highest BCUT2D eigenvalue weighted by atomic mass is 32.2. The van der Waals surface area contributed by atoms with Crippen LogP contribution in [-0.4, -0.2) is 32.5 Å². The van der Waals surface area contributed by atoms with Gasteiger partial charge in [-0.25, -0.2) is 8.42 Å². The summed E-state index contributed by atoms with van der Waals surface area (Å²) in [5.74, 6) is 0.245. The molecule has 0 atom stereocenters. The third-order valence-corrected chi connectivity index (χ3v) is 4.54.